The van der Waals surface area contributed by atoms with Crippen molar-refractivity contribution >= 4 is 11.9 Å². The average Bonchev–Trinajstić information content (AvgIpc) is 3.10. The molecule has 4 rings (SSSR count). The number of hydrogen-bond acceptors (Lipinski definition) is 5. The minimum atomic E-state index is -0.532. The van der Waals surface area contributed by atoms with E-state index < -0.39 is 11.9 Å². The first kappa shape index (κ1) is 17.8. The third-order valence-corrected chi connectivity index (χ3v) is 4.94. The highest BCUT2D eigenvalue weighted by Crippen LogP contribution is 2.39. The van der Waals surface area contributed by atoms with Crippen LogP contribution in [0.1, 0.15) is 24.1 Å². The third kappa shape index (κ3) is 2.81. The molecule has 1 amide bonds. The van der Waals surface area contributed by atoms with Crippen LogP contribution in [0.5, 0.6) is 5.75 Å². The molecule has 3 N–H and O–H groups in total. The summed E-state index contributed by atoms with van der Waals surface area (Å²) < 4.78 is 7.23. The van der Waals surface area contributed by atoms with Crippen LogP contribution in [0, 0.1) is 6.92 Å². The van der Waals surface area contributed by atoms with E-state index in [1.54, 1.807) is 11.8 Å². The van der Waals surface area contributed by atoms with Gasteiger partial charge in [0.2, 0.25) is 11.9 Å². The summed E-state index contributed by atoms with van der Waals surface area (Å²) in [5.41, 5.74) is 9.61. The van der Waals surface area contributed by atoms with E-state index in [9.17, 15) is 4.79 Å². The number of rotatable bonds is 4. The number of fused-ring (bicyclic) bond motifs is 1. The second-order valence-corrected chi connectivity index (χ2v) is 6.69. The molecule has 2 aromatic carbocycles. The number of aromatic nitrogens is 3. The van der Waals surface area contributed by atoms with Gasteiger partial charge in [-0.15, -0.1) is 5.10 Å². The number of carbonyl (C=O) groups excluding carboxylic acids is 1. The summed E-state index contributed by atoms with van der Waals surface area (Å²) in [6.07, 6.45) is 0. The fourth-order valence-corrected chi connectivity index (χ4v) is 3.59. The lowest BCUT2D eigenvalue weighted by Gasteiger charge is -2.28. The molecule has 142 valence electrons. The zero-order valence-electron chi connectivity index (χ0n) is 15.9. The van der Waals surface area contributed by atoms with Gasteiger partial charge in [0, 0.05) is 16.8 Å². The highest BCUT2D eigenvalue weighted by Gasteiger charge is 2.35. The molecule has 1 aliphatic rings. The molecule has 0 bridgehead atoms. The second kappa shape index (κ2) is 6.84. The number of benzene rings is 2. The van der Waals surface area contributed by atoms with Gasteiger partial charge in [0.1, 0.15) is 11.8 Å². The first-order valence-corrected chi connectivity index (χ1v) is 8.94. The molecule has 2 heterocycles. The topological polar surface area (TPSA) is 95.1 Å². The summed E-state index contributed by atoms with van der Waals surface area (Å²) in [5, 5.41) is 7.89. The standard InChI is InChI=1S/C21H21N5O2/c1-12-8-4-5-9-14(12)20-24-21-23-13(2)17(19(22)27)18(26(21)25-20)15-10-6-7-11-16(15)28-3/h4-11,18H,1-3H3,(H2,22,27)(H,23,24,25). The maximum absolute atomic E-state index is 12.3. The predicted octanol–water partition coefficient (Wildman–Crippen LogP) is 3.04. The summed E-state index contributed by atoms with van der Waals surface area (Å²) in [4.78, 5) is 17.0. The Labute approximate surface area is 162 Å². The molecule has 7 heteroatoms. The number of nitrogens with zero attached hydrogens (tertiary/aromatic N) is 3. The maximum atomic E-state index is 12.3. The van der Waals surface area contributed by atoms with Crippen LogP contribution in [0.3, 0.4) is 0 Å². The van der Waals surface area contributed by atoms with Crippen molar-refractivity contribution in [1.82, 2.24) is 14.8 Å². The van der Waals surface area contributed by atoms with Gasteiger partial charge in [-0.2, -0.15) is 4.98 Å². The van der Waals surface area contributed by atoms with E-state index in [0.717, 1.165) is 16.7 Å². The summed E-state index contributed by atoms with van der Waals surface area (Å²) in [7, 11) is 1.60. The van der Waals surface area contributed by atoms with Gasteiger partial charge >= 0.3 is 0 Å². The first-order valence-electron chi connectivity index (χ1n) is 8.94. The summed E-state index contributed by atoms with van der Waals surface area (Å²) >= 11 is 0. The van der Waals surface area contributed by atoms with E-state index in [0.29, 0.717) is 28.8 Å². The Bertz CT molecular complexity index is 1100. The molecule has 28 heavy (non-hydrogen) atoms. The van der Waals surface area contributed by atoms with Crippen LogP contribution in [0.15, 0.2) is 59.8 Å². The van der Waals surface area contributed by atoms with E-state index in [2.05, 4.69) is 10.3 Å². The number of methoxy groups -OCH3 is 1. The Kier molecular flexibility index (Phi) is 4.35. The smallest absolute Gasteiger partial charge is 0.248 e. The van der Waals surface area contributed by atoms with Gasteiger partial charge in [-0.05, 0) is 25.5 Å². The van der Waals surface area contributed by atoms with E-state index in [1.807, 2.05) is 62.4 Å². The zero-order chi connectivity index (χ0) is 19.8. The highest BCUT2D eigenvalue weighted by molar-refractivity contribution is 5.95. The molecule has 3 aromatic rings. The Hall–Kier alpha value is -3.61. The van der Waals surface area contributed by atoms with Crippen LogP contribution >= 0.6 is 0 Å². The fraction of sp³-hybridized carbons (Fsp3) is 0.190. The lowest BCUT2D eigenvalue weighted by molar-refractivity contribution is -0.115. The monoisotopic (exact) mass is 375 g/mol. The van der Waals surface area contributed by atoms with E-state index in [1.165, 1.54) is 0 Å². The Morgan fingerprint density at radius 1 is 1.14 bits per heavy atom. The van der Waals surface area contributed by atoms with E-state index >= 15 is 0 Å². The van der Waals surface area contributed by atoms with Crippen molar-refractivity contribution in [3.8, 4) is 17.1 Å². The van der Waals surface area contributed by atoms with Crippen molar-refractivity contribution in [1.29, 1.82) is 0 Å². The molecular formula is C21H21N5O2. The van der Waals surface area contributed by atoms with Gasteiger partial charge in [0.05, 0.1) is 12.7 Å². The van der Waals surface area contributed by atoms with Crippen molar-refractivity contribution in [2.75, 3.05) is 12.4 Å². The highest BCUT2D eigenvalue weighted by atomic mass is 16.5. The molecule has 1 aromatic heterocycles. The number of nitrogens with two attached hydrogens (primary N) is 1. The second-order valence-electron chi connectivity index (χ2n) is 6.69. The number of allylic oxidation sites excluding steroid dienone is 1. The number of anilines is 1. The van der Waals surface area contributed by atoms with Crippen LogP contribution in [0.4, 0.5) is 5.95 Å². The number of nitrogens with one attached hydrogen (secondary N) is 1. The number of amides is 1. The minimum absolute atomic E-state index is 0.429. The first-order chi connectivity index (χ1) is 13.5. The van der Waals surface area contributed by atoms with Gasteiger partial charge in [-0.25, -0.2) is 4.68 Å². The number of ether oxygens (including phenoxy) is 1. The Morgan fingerprint density at radius 3 is 2.57 bits per heavy atom. The normalized spacial score (nSPS) is 15.8. The van der Waals surface area contributed by atoms with Gasteiger partial charge in [0.15, 0.2) is 5.82 Å². The molecule has 1 aliphatic heterocycles. The fourth-order valence-electron chi connectivity index (χ4n) is 3.59. The molecule has 0 aliphatic carbocycles. The van der Waals surface area contributed by atoms with Crippen molar-refractivity contribution in [2.24, 2.45) is 5.73 Å². The van der Waals surface area contributed by atoms with E-state index in [-0.39, 0.29) is 0 Å². The molecule has 1 unspecified atom stereocenters. The van der Waals surface area contributed by atoms with Gasteiger partial charge in [-0.1, -0.05) is 42.5 Å². The van der Waals surface area contributed by atoms with Crippen molar-refractivity contribution in [3.63, 3.8) is 0 Å². The van der Waals surface area contributed by atoms with Crippen molar-refractivity contribution in [2.45, 2.75) is 19.9 Å². The molecule has 1 atom stereocenters. The number of carbonyl (C=O) groups is 1. The third-order valence-electron chi connectivity index (χ3n) is 4.94. The number of aryl methyl sites for hydroxylation is 1. The lowest BCUT2D eigenvalue weighted by atomic mass is 9.94. The molecule has 0 saturated heterocycles. The van der Waals surface area contributed by atoms with Crippen LogP contribution in [-0.4, -0.2) is 27.8 Å². The number of hydrogen-bond donors (Lipinski definition) is 2. The average molecular weight is 375 g/mol. The van der Waals surface area contributed by atoms with Crippen molar-refractivity contribution in [3.05, 3.63) is 70.9 Å². The molecule has 0 radical (unpaired) electrons. The maximum Gasteiger partial charge on any atom is 0.248 e. The molecule has 0 spiro atoms. The van der Waals surface area contributed by atoms with Crippen molar-refractivity contribution < 1.29 is 9.53 Å². The van der Waals surface area contributed by atoms with Crippen LogP contribution in [-0.2, 0) is 4.79 Å². The SMILES string of the molecule is COc1ccccc1C1C(C(N)=O)=C(C)Nc2nc(-c3ccccc3C)nn21. The van der Waals surface area contributed by atoms with Crippen LogP contribution < -0.4 is 15.8 Å². The number of para-hydroxylation sites is 1. The number of primary amides is 1. The summed E-state index contributed by atoms with van der Waals surface area (Å²) in [6, 6.07) is 14.9. The van der Waals surface area contributed by atoms with Gasteiger partial charge in [0.25, 0.3) is 0 Å². The Morgan fingerprint density at radius 2 is 1.86 bits per heavy atom. The molecule has 0 saturated carbocycles. The van der Waals surface area contributed by atoms with Crippen LogP contribution in [0.25, 0.3) is 11.4 Å². The molecular weight excluding hydrogens is 354 g/mol. The van der Waals surface area contributed by atoms with Crippen LogP contribution in [0.2, 0.25) is 0 Å². The van der Waals surface area contributed by atoms with Gasteiger partial charge in [-0.3, -0.25) is 4.79 Å². The lowest BCUT2D eigenvalue weighted by Crippen LogP contribution is -2.32. The predicted molar refractivity (Wildman–Crippen MR) is 107 cm³/mol. The summed E-state index contributed by atoms with van der Waals surface area (Å²) in [5.74, 6) is 1.27. The van der Waals surface area contributed by atoms with E-state index in [4.69, 9.17) is 15.6 Å². The minimum Gasteiger partial charge on any atom is -0.496 e. The summed E-state index contributed by atoms with van der Waals surface area (Å²) in [6.45, 7) is 3.83. The zero-order valence-corrected chi connectivity index (χ0v) is 15.9. The largest absolute Gasteiger partial charge is 0.496 e. The quantitative estimate of drug-likeness (QED) is 0.731. The molecule has 7 nitrogen and oxygen atoms in total. The Balaban J connectivity index is 1.94. The molecule has 0 fully saturated rings. The van der Waals surface area contributed by atoms with Gasteiger partial charge < -0.3 is 15.8 Å².